The van der Waals surface area contributed by atoms with Crippen molar-refractivity contribution in [2.45, 2.75) is 38.7 Å². The minimum absolute atomic E-state index is 0.0928. The number of benzene rings is 1. The number of aromatic nitrogens is 1. The zero-order valence-corrected chi connectivity index (χ0v) is 15.1. The molecule has 1 heterocycles. The molecule has 1 atom stereocenters. The first-order valence-corrected chi connectivity index (χ1v) is 8.75. The van der Waals surface area contributed by atoms with Gasteiger partial charge in [0.1, 0.15) is 17.6 Å². The van der Waals surface area contributed by atoms with Crippen LogP contribution < -0.4 is 4.74 Å². The van der Waals surface area contributed by atoms with E-state index in [4.69, 9.17) is 19.1 Å². The zero-order chi connectivity index (χ0) is 19.6. The molecular weight excluding hydrogens is 360 g/mol. The second-order valence-electron chi connectivity index (χ2n) is 6.61. The molecule has 0 amide bonds. The number of carboxylic acids is 1. The monoisotopic (exact) mass is 381 g/mol. The Morgan fingerprint density at radius 3 is 2.59 bits per heavy atom. The molecule has 2 aromatic rings. The van der Waals surface area contributed by atoms with Gasteiger partial charge >= 0.3 is 5.97 Å². The van der Waals surface area contributed by atoms with Crippen molar-refractivity contribution in [2.24, 2.45) is 5.92 Å². The van der Waals surface area contributed by atoms with E-state index in [-0.39, 0.29) is 25.6 Å². The van der Waals surface area contributed by atoms with Crippen molar-refractivity contribution in [3.63, 3.8) is 0 Å². The van der Waals surface area contributed by atoms with E-state index in [1.54, 1.807) is 14.0 Å². The van der Waals surface area contributed by atoms with Crippen molar-refractivity contribution < 1.29 is 32.7 Å². The van der Waals surface area contributed by atoms with Crippen LogP contribution in [0.1, 0.15) is 43.2 Å². The lowest BCUT2D eigenvalue weighted by molar-refractivity contribution is -0.137. The van der Waals surface area contributed by atoms with Gasteiger partial charge in [-0.05, 0) is 49.8 Å². The van der Waals surface area contributed by atoms with Gasteiger partial charge in [0.2, 0.25) is 0 Å². The fourth-order valence-corrected chi connectivity index (χ4v) is 3.10. The first kappa shape index (κ1) is 19.3. The van der Waals surface area contributed by atoms with E-state index in [0.29, 0.717) is 28.5 Å². The number of ether oxygens (including phenoxy) is 2. The molecule has 6 nitrogen and oxygen atoms in total. The highest BCUT2D eigenvalue weighted by atomic mass is 19.1. The summed E-state index contributed by atoms with van der Waals surface area (Å²) in [6, 6.07) is 2.33. The van der Waals surface area contributed by atoms with Gasteiger partial charge in [-0.1, -0.05) is 5.16 Å². The summed E-state index contributed by atoms with van der Waals surface area (Å²) in [6.07, 6.45) is 1.76. The summed E-state index contributed by atoms with van der Waals surface area (Å²) in [4.78, 5) is 10.5. The van der Waals surface area contributed by atoms with Crippen LogP contribution in [0.5, 0.6) is 5.75 Å². The van der Waals surface area contributed by atoms with Crippen LogP contribution in [-0.2, 0) is 9.53 Å². The normalized spacial score (nSPS) is 15.0. The summed E-state index contributed by atoms with van der Waals surface area (Å²) < 4.78 is 44.8. The topological polar surface area (TPSA) is 81.8 Å². The van der Waals surface area contributed by atoms with Crippen LogP contribution in [0.3, 0.4) is 0 Å². The van der Waals surface area contributed by atoms with E-state index < -0.39 is 23.4 Å². The molecule has 1 N–H and O–H groups in total. The largest absolute Gasteiger partial charge is 0.488 e. The Kier molecular flexibility index (Phi) is 5.74. The Bertz CT molecular complexity index is 808. The first-order valence-electron chi connectivity index (χ1n) is 8.75. The van der Waals surface area contributed by atoms with Crippen LogP contribution in [0, 0.1) is 24.5 Å². The van der Waals surface area contributed by atoms with Gasteiger partial charge < -0.3 is 19.1 Å². The molecule has 3 rings (SSSR count). The Balaban J connectivity index is 1.86. The lowest BCUT2D eigenvalue weighted by Gasteiger charge is -2.14. The minimum atomic E-state index is -0.992. The maximum atomic E-state index is 14.4. The summed E-state index contributed by atoms with van der Waals surface area (Å²) in [5.41, 5.74) is 1.34. The van der Waals surface area contributed by atoms with Crippen molar-refractivity contribution in [1.82, 2.24) is 5.16 Å². The van der Waals surface area contributed by atoms with E-state index in [0.717, 1.165) is 25.0 Å². The third kappa shape index (κ3) is 4.27. The fraction of sp³-hybridized carbons (Fsp3) is 0.474. The van der Waals surface area contributed by atoms with Gasteiger partial charge in [-0.3, -0.25) is 4.79 Å². The van der Waals surface area contributed by atoms with Gasteiger partial charge in [-0.25, -0.2) is 8.78 Å². The molecule has 1 aromatic heterocycles. The summed E-state index contributed by atoms with van der Waals surface area (Å²) in [7, 11) is 1.58. The maximum Gasteiger partial charge on any atom is 0.303 e. The highest BCUT2D eigenvalue weighted by Crippen LogP contribution is 2.46. The fourth-order valence-electron chi connectivity index (χ4n) is 3.10. The Labute approximate surface area is 155 Å². The average molecular weight is 381 g/mol. The molecule has 1 aliphatic carbocycles. The number of hydrogen-bond donors (Lipinski definition) is 1. The molecule has 8 heteroatoms. The van der Waals surface area contributed by atoms with E-state index in [2.05, 4.69) is 5.16 Å². The van der Waals surface area contributed by atoms with Crippen LogP contribution in [0.15, 0.2) is 16.7 Å². The SMILES string of the molecule is COC(c1noc(C)c1-c1cc(F)c(OCCCC(=O)O)c(F)c1)C1CC1. The van der Waals surface area contributed by atoms with Crippen molar-refractivity contribution in [3.8, 4) is 16.9 Å². The van der Waals surface area contributed by atoms with Gasteiger partial charge in [0.05, 0.1) is 12.2 Å². The highest BCUT2D eigenvalue weighted by molar-refractivity contribution is 5.69. The van der Waals surface area contributed by atoms with Crippen molar-refractivity contribution in [2.75, 3.05) is 13.7 Å². The maximum absolute atomic E-state index is 14.4. The van der Waals surface area contributed by atoms with Crippen molar-refractivity contribution in [1.29, 1.82) is 0 Å². The molecule has 146 valence electrons. The predicted octanol–water partition coefficient (Wildman–Crippen LogP) is 4.27. The third-order valence-electron chi connectivity index (χ3n) is 4.53. The summed E-state index contributed by atoms with van der Waals surface area (Å²) in [5, 5.41) is 12.6. The standard InChI is InChI=1S/C19H21F2NO5/c1-10-16(17(22-27-10)18(25-2)11-5-6-11)12-8-13(20)19(14(21)9-12)26-7-3-4-15(23)24/h8-9,11,18H,3-7H2,1-2H3,(H,23,24). The van der Waals surface area contributed by atoms with E-state index in [1.165, 1.54) is 0 Å². The third-order valence-corrected chi connectivity index (χ3v) is 4.53. The molecule has 1 aromatic carbocycles. The number of hydrogen-bond acceptors (Lipinski definition) is 5. The molecule has 0 bridgehead atoms. The number of aliphatic carboxylic acids is 1. The minimum Gasteiger partial charge on any atom is -0.488 e. The zero-order valence-electron chi connectivity index (χ0n) is 15.1. The van der Waals surface area contributed by atoms with Gasteiger partial charge in [0, 0.05) is 13.5 Å². The van der Waals surface area contributed by atoms with E-state index in [1.807, 2.05) is 0 Å². The van der Waals surface area contributed by atoms with Gasteiger partial charge in [0.15, 0.2) is 17.4 Å². The van der Waals surface area contributed by atoms with Crippen molar-refractivity contribution in [3.05, 3.63) is 35.2 Å². The molecule has 0 saturated heterocycles. The molecule has 27 heavy (non-hydrogen) atoms. The molecule has 1 aliphatic rings. The van der Waals surface area contributed by atoms with Crippen LogP contribution in [0.25, 0.3) is 11.1 Å². The summed E-state index contributed by atoms with van der Waals surface area (Å²) >= 11 is 0. The highest BCUT2D eigenvalue weighted by Gasteiger charge is 2.37. The Morgan fingerprint density at radius 2 is 2.04 bits per heavy atom. The Morgan fingerprint density at radius 1 is 1.37 bits per heavy atom. The van der Waals surface area contributed by atoms with Crippen LogP contribution in [0.4, 0.5) is 8.78 Å². The molecule has 0 aliphatic heterocycles. The smallest absolute Gasteiger partial charge is 0.303 e. The molecule has 0 spiro atoms. The molecule has 1 saturated carbocycles. The number of aryl methyl sites for hydroxylation is 1. The second-order valence-corrected chi connectivity index (χ2v) is 6.61. The van der Waals surface area contributed by atoms with Gasteiger partial charge in [0.25, 0.3) is 0 Å². The molecule has 1 unspecified atom stereocenters. The molecule has 1 fully saturated rings. The van der Waals surface area contributed by atoms with Crippen molar-refractivity contribution >= 4 is 5.97 Å². The summed E-state index contributed by atoms with van der Waals surface area (Å²) in [6.45, 7) is 1.59. The first-order chi connectivity index (χ1) is 12.9. The second kappa shape index (κ2) is 8.04. The summed E-state index contributed by atoms with van der Waals surface area (Å²) in [5.74, 6) is -2.48. The average Bonchev–Trinajstić information content (AvgIpc) is 3.36. The Hall–Kier alpha value is -2.48. The number of carboxylic acid groups (broad SMARTS) is 1. The van der Waals surface area contributed by atoms with Crippen LogP contribution in [-0.4, -0.2) is 29.9 Å². The predicted molar refractivity (Wildman–Crippen MR) is 91.4 cm³/mol. The van der Waals surface area contributed by atoms with E-state index in [9.17, 15) is 13.6 Å². The molecule has 0 radical (unpaired) electrons. The lowest BCUT2D eigenvalue weighted by atomic mass is 9.98. The van der Waals surface area contributed by atoms with Crippen LogP contribution in [0.2, 0.25) is 0 Å². The molecular formula is C19H21F2NO5. The van der Waals surface area contributed by atoms with Crippen LogP contribution >= 0.6 is 0 Å². The van der Waals surface area contributed by atoms with Gasteiger partial charge in [-0.2, -0.15) is 0 Å². The lowest BCUT2D eigenvalue weighted by Crippen LogP contribution is -2.07. The van der Waals surface area contributed by atoms with E-state index >= 15 is 0 Å². The number of nitrogens with zero attached hydrogens (tertiary/aromatic N) is 1. The number of methoxy groups -OCH3 is 1. The number of carbonyl (C=O) groups is 1. The van der Waals surface area contributed by atoms with Gasteiger partial charge in [-0.15, -0.1) is 0 Å². The number of rotatable bonds is 9. The quantitative estimate of drug-likeness (QED) is 0.653. The number of halogens is 2.